The molecule has 0 aliphatic carbocycles. The van der Waals surface area contributed by atoms with Crippen molar-refractivity contribution < 1.29 is 13.2 Å². The van der Waals surface area contributed by atoms with Gasteiger partial charge >= 0.3 is 6.30 Å². The van der Waals surface area contributed by atoms with Gasteiger partial charge in [0.15, 0.2) is 0 Å². The van der Waals surface area contributed by atoms with Crippen molar-refractivity contribution in [2.45, 2.75) is 19.3 Å². The fourth-order valence-electron chi connectivity index (χ4n) is 1.47. The van der Waals surface area contributed by atoms with E-state index in [-0.39, 0.29) is 10.4 Å². The third kappa shape index (κ3) is 1.41. The third-order valence-electron chi connectivity index (χ3n) is 2.05. The predicted molar refractivity (Wildman–Crippen MR) is 38.9 cm³/mol. The molecule has 1 aliphatic rings. The fourth-order valence-corrected chi connectivity index (χ4v) is 1.47. The maximum absolute atomic E-state index is 12.3. The summed E-state index contributed by atoms with van der Waals surface area (Å²) in [5.41, 5.74) is 0.926. The third-order valence-corrected chi connectivity index (χ3v) is 2.05. The monoisotopic (exact) mass is 191 g/mol. The molecular formula is C7H8F3N3. The second-order valence-electron chi connectivity index (χ2n) is 2.92. The van der Waals surface area contributed by atoms with Crippen LogP contribution in [0.4, 0.5) is 13.2 Å². The Kier molecular flexibility index (Phi) is 1.80. The van der Waals surface area contributed by atoms with Crippen molar-refractivity contribution in [2.75, 3.05) is 6.54 Å². The number of aromatic nitrogens is 2. The van der Waals surface area contributed by atoms with E-state index in [2.05, 4.69) is 10.4 Å². The highest BCUT2D eigenvalue weighted by atomic mass is 19.4. The van der Waals surface area contributed by atoms with Crippen LogP contribution in [0.3, 0.4) is 0 Å². The molecule has 2 rings (SSSR count). The molecule has 0 bridgehead atoms. The second kappa shape index (κ2) is 2.73. The van der Waals surface area contributed by atoms with Crippen molar-refractivity contribution in [3.63, 3.8) is 0 Å². The van der Waals surface area contributed by atoms with Gasteiger partial charge in [-0.15, -0.1) is 13.2 Å². The van der Waals surface area contributed by atoms with Gasteiger partial charge in [0.2, 0.25) is 0 Å². The number of hydrogen-bond acceptors (Lipinski definition) is 2. The van der Waals surface area contributed by atoms with Gasteiger partial charge in [0.1, 0.15) is 0 Å². The van der Waals surface area contributed by atoms with E-state index in [0.717, 1.165) is 0 Å². The van der Waals surface area contributed by atoms with E-state index < -0.39 is 6.30 Å². The van der Waals surface area contributed by atoms with Crippen LogP contribution in [0, 0.1) is 0 Å². The summed E-state index contributed by atoms with van der Waals surface area (Å²) in [4.78, 5) is 0. The zero-order valence-corrected chi connectivity index (χ0v) is 6.73. The average Bonchev–Trinajstić information content (AvgIpc) is 2.45. The number of halogens is 3. The van der Waals surface area contributed by atoms with Gasteiger partial charge in [0.25, 0.3) is 0 Å². The van der Waals surface area contributed by atoms with E-state index in [1.165, 1.54) is 6.20 Å². The van der Waals surface area contributed by atoms with Gasteiger partial charge in [-0.05, 0) is 0 Å². The fraction of sp³-hybridized carbons (Fsp3) is 0.571. The zero-order chi connectivity index (χ0) is 9.47. The molecule has 0 fully saturated rings. The number of rotatable bonds is 0. The highest BCUT2D eigenvalue weighted by Crippen LogP contribution is 2.26. The molecule has 1 aromatic rings. The molecule has 6 heteroatoms. The molecule has 0 saturated carbocycles. The smallest absolute Gasteiger partial charge is 0.312 e. The minimum atomic E-state index is -4.38. The average molecular weight is 191 g/mol. The van der Waals surface area contributed by atoms with Gasteiger partial charge in [-0.2, -0.15) is 9.78 Å². The summed E-state index contributed by atoms with van der Waals surface area (Å²) < 4.78 is 37.0. The summed E-state index contributed by atoms with van der Waals surface area (Å²) in [5, 5.41) is 6.31. The van der Waals surface area contributed by atoms with E-state index in [1.807, 2.05) is 0 Å². The maximum atomic E-state index is 12.3. The lowest BCUT2D eigenvalue weighted by molar-refractivity contribution is -0.213. The van der Waals surface area contributed by atoms with Crippen LogP contribution in [0.1, 0.15) is 11.3 Å². The first-order chi connectivity index (χ1) is 6.09. The number of alkyl halides is 3. The van der Waals surface area contributed by atoms with E-state index in [4.69, 9.17) is 0 Å². The summed E-state index contributed by atoms with van der Waals surface area (Å²) >= 11 is 0. The molecule has 72 valence electrons. The predicted octanol–water partition coefficient (Wildman–Crippen LogP) is 1.01. The highest BCUT2D eigenvalue weighted by molar-refractivity contribution is 5.20. The first-order valence-electron chi connectivity index (χ1n) is 3.93. The number of hydrogen-bond donors (Lipinski definition) is 1. The van der Waals surface area contributed by atoms with Crippen LogP contribution < -0.4 is 5.32 Å². The standard InChI is InChI=1S/C7H8F3N3/c8-7(9,10)13-6-1-2-11-3-5(6)4-12-13/h4,11H,1-3H2. The first kappa shape index (κ1) is 8.55. The Morgan fingerprint density at radius 2 is 2.23 bits per heavy atom. The lowest BCUT2D eigenvalue weighted by Gasteiger charge is -2.16. The molecule has 0 spiro atoms. The van der Waals surface area contributed by atoms with Crippen molar-refractivity contribution in [2.24, 2.45) is 0 Å². The van der Waals surface area contributed by atoms with Gasteiger partial charge in [0, 0.05) is 25.1 Å². The van der Waals surface area contributed by atoms with Crippen molar-refractivity contribution in [1.82, 2.24) is 15.1 Å². The molecule has 2 heterocycles. The lowest BCUT2D eigenvalue weighted by Crippen LogP contribution is -2.28. The van der Waals surface area contributed by atoms with Gasteiger partial charge in [0.05, 0.1) is 11.9 Å². The molecule has 1 N–H and O–H groups in total. The van der Waals surface area contributed by atoms with E-state index in [9.17, 15) is 13.2 Å². The van der Waals surface area contributed by atoms with Crippen LogP contribution in [-0.2, 0) is 19.3 Å². The molecule has 0 saturated heterocycles. The highest BCUT2D eigenvalue weighted by Gasteiger charge is 2.35. The van der Waals surface area contributed by atoms with Crippen molar-refractivity contribution >= 4 is 0 Å². The zero-order valence-electron chi connectivity index (χ0n) is 6.73. The Labute approximate surface area is 72.5 Å². The molecule has 0 aromatic carbocycles. The van der Waals surface area contributed by atoms with Crippen LogP contribution in [0.2, 0.25) is 0 Å². The van der Waals surface area contributed by atoms with Crippen LogP contribution in [0.25, 0.3) is 0 Å². The first-order valence-corrected chi connectivity index (χ1v) is 3.93. The summed E-state index contributed by atoms with van der Waals surface area (Å²) in [6, 6.07) is 0. The Morgan fingerprint density at radius 1 is 1.46 bits per heavy atom. The lowest BCUT2D eigenvalue weighted by atomic mass is 10.1. The molecule has 0 unspecified atom stereocenters. The minimum absolute atomic E-state index is 0.156. The largest absolute Gasteiger partial charge is 0.504 e. The van der Waals surface area contributed by atoms with Gasteiger partial charge < -0.3 is 5.32 Å². The SMILES string of the molecule is FC(F)(F)n1ncc2c1CCNC2. The molecule has 0 atom stereocenters. The molecule has 1 aromatic heterocycles. The maximum Gasteiger partial charge on any atom is 0.504 e. The molecule has 0 amide bonds. The summed E-state index contributed by atoms with van der Waals surface area (Å²) in [6.07, 6.45) is -2.73. The van der Waals surface area contributed by atoms with Crippen molar-refractivity contribution in [1.29, 1.82) is 0 Å². The molecule has 1 aliphatic heterocycles. The van der Waals surface area contributed by atoms with Gasteiger partial charge in [-0.25, -0.2) is 0 Å². The number of fused-ring (bicyclic) bond motifs is 1. The summed E-state index contributed by atoms with van der Waals surface area (Å²) in [5.74, 6) is 0. The second-order valence-corrected chi connectivity index (χ2v) is 2.92. The van der Waals surface area contributed by atoms with Crippen LogP contribution in [-0.4, -0.2) is 16.3 Å². The van der Waals surface area contributed by atoms with Crippen molar-refractivity contribution in [3.8, 4) is 0 Å². The Balaban J connectivity index is 2.43. The van der Waals surface area contributed by atoms with Gasteiger partial charge in [-0.1, -0.05) is 0 Å². The Morgan fingerprint density at radius 3 is 2.92 bits per heavy atom. The normalized spacial score (nSPS) is 17.2. The van der Waals surface area contributed by atoms with Crippen LogP contribution in [0.5, 0.6) is 0 Å². The quantitative estimate of drug-likeness (QED) is 0.663. The summed E-state index contributed by atoms with van der Waals surface area (Å²) in [7, 11) is 0. The Hall–Kier alpha value is -1.04. The minimum Gasteiger partial charge on any atom is -0.312 e. The van der Waals surface area contributed by atoms with E-state index in [0.29, 0.717) is 25.1 Å². The molecule has 3 nitrogen and oxygen atoms in total. The van der Waals surface area contributed by atoms with Crippen LogP contribution in [0.15, 0.2) is 6.20 Å². The number of nitrogens with zero attached hydrogens (tertiary/aromatic N) is 2. The van der Waals surface area contributed by atoms with Crippen molar-refractivity contribution in [3.05, 3.63) is 17.5 Å². The summed E-state index contributed by atoms with van der Waals surface area (Å²) in [6.45, 7) is 1.06. The Bertz CT molecular complexity index is 315. The van der Waals surface area contributed by atoms with Gasteiger partial charge in [-0.3, -0.25) is 0 Å². The topological polar surface area (TPSA) is 29.9 Å². The number of nitrogens with one attached hydrogen (secondary N) is 1. The van der Waals surface area contributed by atoms with E-state index >= 15 is 0 Å². The molecule has 0 radical (unpaired) electrons. The molecular weight excluding hydrogens is 183 g/mol. The van der Waals surface area contributed by atoms with Crippen LogP contribution >= 0.6 is 0 Å². The van der Waals surface area contributed by atoms with E-state index in [1.54, 1.807) is 0 Å². The molecule has 13 heavy (non-hydrogen) atoms.